The Morgan fingerprint density at radius 2 is 1.92 bits per heavy atom. The molecule has 0 amide bonds. The standard InChI is InChI=1S/C14H14ClNO7.Na/c15-5-1-2-6-7(3-5)16-4-8(6)22-14-11(19)9(17)10(18)12(23-14)13(20)21;/h1-4,9-12,14,16-19H,(H,20,21);/t9-,10-,11+,12-,14+;/m0./s1. The van der Waals surface area contributed by atoms with Crippen molar-refractivity contribution >= 4 is 58.0 Å². The molecule has 0 aliphatic carbocycles. The van der Waals surface area contributed by atoms with E-state index in [2.05, 4.69) is 4.98 Å². The maximum absolute atomic E-state index is 11.1. The second-order valence-corrected chi connectivity index (χ2v) is 5.63. The molecule has 1 aromatic heterocycles. The molecule has 5 N–H and O–H groups in total. The van der Waals surface area contributed by atoms with Crippen LogP contribution in [0.25, 0.3) is 10.9 Å². The van der Waals surface area contributed by atoms with Gasteiger partial charge < -0.3 is 34.9 Å². The van der Waals surface area contributed by atoms with Crippen LogP contribution >= 0.6 is 11.6 Å². The first-order chi connectivity index (χ1) is 10.9. The summed E-state index contributed by atoms with van der Waals surface area (Å²) in [6.07, 6.45) is -6.76. The number of rotatable bonds is 3. The van der Waals surface area contributed by atoms with E-state index in [-0.39, 0.29) is 35.3 Å². The number of H-pyrrole nitrogens is 1. The van der Waals surface area contributed by atoms with Crippen LogP contribution in [0.1, 0.15) is 0 Å². The smallest absolute Gasteiger partial charge is 0.335 e. The van der Waals surface area contributed by atoms with Gasteiger partial charge in [0.15, 0.2) is 6.10 Å². The molecule has 1 fully saturated rings. The van der Waals surface area contributed by atoms with Crippen LogP contribution in [0.2, 0.25) is 5.02 Å². The van der Waals surface area contributed by atoms with Crippen molar-refractivity contribution in [2.75, 3.05) is 0 Å². The second kappa shape index (κ2) is 7.59. The minimum absolute atomic E-state index is 0. The molecule has 2 heterocycles. The summed E-state index contributed by atoms with van der Waals surface area (Å²) in [7, 11) is 0. The van der Waals surface area contributed by atoms with Crippen LogP contribution in [-0.2, 0) is 9.53 Å². The number of hydrogen-bond acceptors (Lipinski definition) is 6. The van der Waals surface area contributed by atoms with Crippen molar-refractivity contribution in [3.63, 3.8) is 0 Å². The van der Waals surface area contributed by atoms with Gasteiger partial charge in [0.05, 0.1) is 5.52 Å². The summed E-state index contributed by atoms with van der Waals surface area (Å²) in [5.41, 5.74) is 0.674. The third-order valence-electron chi connectivity index (χ3n) is 3.66. The zero-order chi connectivity index (χ0) is 16.7. The van der Waals surface area contributed by atoms with Gasteiger partial charge in [0.2, 0.25) is 6.29 Å². The molecule has 1 aliphatic rings. The second-order valence-electron chi connectivity index (χ2n) is 5.20. The van der Waals surface area contributed by atoms with Gasteiger partial charge in [-0.3, -0.25) is 0 Å². The average Bonchev–Trinajstić information content (AvgIpc) is 2.89. The fourth-order valence-electron chi connectivity index (χ4n) is 2.44. The van der Waals surface area contributed by atoms with Gasteiger partial charge in [-0.1, -0.05) is 11.6 Å². The zero-order valence-corrected chi connectivity index (χ0v) is 15.3. The minimum atomic E-state index is -1.76. The molecule has 5 atom stereocenters. The molecule has 3 rings (SSSR count). The molecular formula is C14H14ClNNaO7. The van der Waals surface area contributed by atoms with E-state index < -0.39 is 36.7 Å². The summed E-state index contributed by atoms with van der Waals surface area (Å²) in [5, 5.41) is 39.5. The van der Waals surface area contributed by atoms with Crippen molar-refractivity contribution in [1.82, 2.24) is 4.98 Å². The van der Waals surface area contributed by atoms with E-state index in [0.29, 0.717) is 15.9 Å². The number of carboxylic acid groups (broad SMARTS) is 1. The number of halogens is 1. The summed E-state index contributed by atoms with van der Waals surface area (Å²) in [6.45, 7) is 0. The Balaban J connectivity index is 0.00000208. The topological polar surface area (TPSA) is 132 Å². The van der Waals surface area contributed by atoms with Gasteiger partial charge >= 0.3 is 5.97 Å². The Labute approximate surface area is 163 Å². The third-order valence-corrected chi connectivity index (χ3v) is 3.90. The van der Waals surface area contributed by atoms with Crippen molar-refractivity contribution in [2.45, 2.75) is 30.7 Å². The van der Waals surface area contributed by atoms with Crippen LogP contribution in [0.5, 0.6) is 5.75 Å². The molecule has 125 valence electrons. The Hall–Kier alpha value is -0.840. The van der Waals surface area contributed by atoms with Gasteiger partial charge in [-0.15, -0.1) is 0 Å². The number of carboxylic acids is 1. The Morgan fingerprint density at radius 3 is 2.58 bits per heavy atom. The van der Waals surface area contributed by atoms with Crippen molar-refractivity contribution < 1.29 is 34.7 Å². The number of carbonyl (C=O) groups is 1. The molecule has 2 aromatic rings. The predicted molar refractivity (Wildman–Crippen MR) is 84.0 cm³/mol. The minimum Gasteiger partial charge on any atom is -0.479 e. The molecule has 0 bridgehead atoms. The molecule has 10 heteroatoms. The first-order valence-electron chi connectivity index (χ1n) is 6.74. The van der Waals surface area contributed by atoms with Crippen LogP contribution in [0.15, 0.2) is 24.4 Å². The van der Waals surface area contributed by atoms with Crippen LogP contribution in [-0.4, -0.2) is 91.6 Å². The molecule has 0 unspecified atom stereocenters. The zero-order valence-electron chi connectivity index (χ0n) is 12.6. The number of aromatic nitrogens is 1. The van der Waals surface area contributed by atoms with E-state index in [0.717, 1.165) is 0 Å². The van der Waals surface area contributed by atoms with Gasteiger partial charge in [-0.2, -0.15) is 0 Å². The molecule has 1 aliphatic heterocycles. The molecule has 8 nitrogen and oxygen atoms in total. The summed E-state index contributed by atoms with van der Waals surface area (Å²) in [5.74, 6) is -1.18. The van der Waals surface area contributed by atoms with Crippen LogP contribution in [0, 0.1) is 0 Å². The number of aromatic amines is 1. The first kappa shape index (κ1) is 19.5. The Kier molecular flexibility index (Phi) is 6.16. The van der Waals surface area contributed by atoms with Crippen LogP contribution in [0.3, 0.4) is 0 Å². The number of benzene rings is 1. The number of nitrogens with one attached hydrogen (secondary N) is 1. The molecule has 1 aromatic carbocycles. The van der Waals surface area contributed by atoms with Gasteiger partial charge in [0.25, 0.3) is 0 Å². The molecular weight excluding hydrogens is 353 g/mol. The maximum Gasteiger partial charge on any atom is 0.335 e. The van der Waals surface area contributed by atoms with Crippen molar-refractivity contribution in [1.29, 1.82) is 0 Å². The summed E-state index contributed by atoms with van der Waals surface area (Å²) < 4.78 is 10.5. The summed E-state index contributed by atoms with van der Waals surface area (Å²) in [6, 6.07) is 4.99. The number of aliphatic hydroxyl groups is 3. The van der Waals surface area contributed by atoms with E-state index in [1.165, 1.54) is 6.20 Å². The summed E-state index contributed by atoms with van der Waals surface area (Å²) in [4.78, 5) is 14.0. The van der Waals surface area contributed by atoms with Crippen LogP contribution in [0.4, 0.5) is 0 Å². The monoisotopic (exact) mass is 366 g/mol. The molecule has 0 spiro atoms. The number of fused-ring (bicyclic) bond motifs is 1. The third kappa shape index (κ3) is 3.56. The number of aliphatic hydroxyl groups excluding tert-OH is 3. The van der Waals surface area contributed by atoms with Gasteiger partial charge in [0, 0.05) is 46.2 Å². The fourth-order valence-corrected chi connectivity index (χ4v) is 2.62. The quantitative estimate of drug-likeness (QED) is 0.471. The predicted octanol–water partition coefficient (Wildman–Crippen LogP) is -0.289. The van der Waals surface area contributed by atoms with E-state index in [9.17, 15) is 20.1 Å². The number of hydrogen-bond donors (Lipinski definition) is 5. The van der Waals surface area contributed by atoms with E-state index in [4.69, 9.17) is 26.2 Å². The Morgan fingerprint density at radius 1 is 1.21 bits per heavy atom. The SMILES string of the molecule is O=C(O)[C@H]1O[C@@H](Oc2c[nH]c3cc(Cl)ccc23)[C@H](O)[C@@H](O)[C@@H]1O.[Na]. The fraction of sp³-hybridized carbons (Fsp3) is 0.357. The maximum atomic E-state index is 11.1. The van der Waals surface area contributed by atoms with E-state index in [1.807, 2.05) is 0 Å². The number of ether oxygens (including phenoxy) is 2. The van der Waals surface area contributed by atoms with Gasteiger partial charge in [-0.25, -0.2) is 4.79 Å². The molecule has 24 heavy (non-hydrogen) atoms. The van der Waals surface area contributed by atoms with Gasteiger partial charge in [0.1, 0.15) is 24.1 Å². The first-order valence-corrected chi connectivity index (χ1v) is 7.12. The van der Waals surface area contributed by atoms with Gasteiger partial charge in [-0.05, 0) is 18.2 Å². The number of aliphatic carboxylic acids is 1. The Bertz CT molecular complexity index is 739. The molecule has 0 saturated carbocycles. The van der Waals surface area contributed by atoms with E-state index >= 15 is 0 Å². The summed E-state index contributed by atoms with van der Waals surface area (Å²) >= 11 is 5.88. The van der Waals surface area contributed by atoms with Crippen molar-refractivity contribution in [3.05, 3.63) is 29.4 Å². The molecule has 1 radical (unpaired) electrons. The average molecular weight is 367 g/mol. The van der Waals surface area contributed by atoms with Crippen molar-refractivity contribution in [2.24, 2.45) is 0 Å². The normalized spacial score (nSPS) is 29.9. The van der Waals surface area contributed by atoms with Crippen LogP contribution < -0.4 is 4.74 Å². The largest absolute Gasteiger partial charge is 0.479 e. The van der Waals surface area contributed by atoms with E-state index in [1.54, 1.807) is 18.2 Å². The van der Waals surface area contributed by atoms with Crippen molar-refractivity contribution in [3.8, 4) is 5.75 Å². The molecule has 1 saturated heterocycles.